The van der Waals surface area contributed by atoms with Crippen LogP contribution in [0.15, 0.2) is 36.8 Å². The summed E-state index contributed by atoms with van der Waals surface area (Å²) in [5, 5.41) is 5.78. The lowest BCUT2D eigenvalue weighted by atomic mass is 10.2. The van der Waals surface area contributed by atoms with Crippen molar-refractivity contribution in [1.82, 2.24) is 9.97 Å². The molecule has 22 heavy (non-hydrogen) atoms. The summed E-state index contributed by atoms with van der Waals surface area (Å²) < 4.78 is 0. The lowest BCUT2D eigenvalue weighted by molar-refractivity contribution is -0.117. The third kappa shape index (κ3) is 3.40. The Balaban J connectivity index is 1.72. The molecule has 112 valence electrons. The van der Waals surface area contributed by atoms with Crippen molar-refractivity contribution in [2.45, 2.75) is 12.8 Å². The highest BCUT2D eigenvalue weighted by Gasteiger charge is 2.29. The van der Waals surface area contributed by atoms with Crippen LogP contribution in [0.3, 0.4) is 0 Å². The fourth-order valence-corrected chi connectivity index (χ4v) is 2.03. The van der Waals surface area contributed by atoms with Gasteiger partial charge in [-0.3, -0.25) is 14.6 Å². The van der Waals surface area contributed by atoms with Crippen molar-refractivity contribution < 1.29 is 9.59 Å². The summed E-state index contributed by atoms with van der Waals surface area (Å²) in [7, 11) is 0. The number of hydrogen-bond acceptors (Lipinski definition) is 4. The van der Waals surface area contributed by atoms with Gasteiger partial charge in [0.05, 0.1) is 16.9 Å². The van der Waals surface area contributed by atoms with E-state index in [1.807, 2.05) is 0 Å². The molecule has 2 aromatic heterocycles. The predicted octanol–water partition coefficient (Wildman–Crippen LogP) is 2.73. The highest BCUT2D eigenvalue weighted by Crippen LogP contribution is 2.30. The van der Waals surface area contributed by atoms with Crippen LogP contribution in [0.2, 0.25) is 5.02 Å². The van der Waals surface area contributed by atoms with E-state index in [2.05, 4.69) is 20.6 Å². The van der Waals surface area contributed by atoms with Crippen LogP contribution in [0.1, 0.15) is 23.2 Å². The Kier molecular flexibility index (Phi) is 4.02. The first-order chi connectivity index (χ1) is 10.6. The molecule has 2 heterocycles. The quantitative estimate of drug-likeness (QED) is 0.908. The molecule has 3 rings (SSSR count). The van der Waals surface area contributed by atoms with Gasteiger partial charge in [-0.1, -0.05) is 11.6 Å². The van der Waals surface area contributed by atoms with Gasteiger partial charge in [0.1, 0.15) is 5.82 Å². The number of nitrogens with one attached hydrogen (secondary N) is 2. The lowest BCUT2D eigenvalue weighted by Gasteiger charge is -2.08. The first-order valence-corrected chi connectivity index (χ1v) is 7.19. The Morgan fingerprint density at radius 2 is 2.00 bits per heavy atom. The minimum absolute atomic E-state index is 0.0552. The van der Waals surface area contributed by atoms with Crippen LogP contribution in [0.25, 0.3) is 0 Å². The zero-order chi connectivity index (χ0) is 15.5. The van der Waals surface area contributed by atoms with Crippen molar-refractivity contribution in [3.63, 3.8) is 0 Å². The molecule has 6 nitrogen and oxygen atoms in total. The number of pyridine rings is 2. The molecule has 0 unspecified atom stereocenters. The standard InChI is InChI=1S/C15H13ClN4O2/c16-11-4-5-17-8-12(11)19-15(22)10-3-6-18-13(7-10)20-14(21)9-1-2-9/h3-9H,1-2H2,(H,19,22)(H,18,20,21). The van der Waals surface area contributed by atoms with Gasteiger partial charge in [0, 0.05) is 23.9 Å². The van der Waals surface area contributed by atoms with Crippen molar-refractivity contribution in [3.8, 4) is 0 Å². The zero-order valence-electron chi connectivity index (χ0n) is 11.5. The topological polar surface area (TPSA) is 84.0 Å². The van der Waals surface area contributed by atoms with Crippen LogP contribution in [0.5, 0.6) is 0 Å². The van der Waals surface area contributed by atoms with Crippen molar-refractivity contribution >= 4 is 34.9 Å². The van der Waals surface area contributed by atoms with Crippen LogP contribution in [0.4, 0.5) is 11.5 Å². The van der Waals surface area contributed by atoms with Gasteiger partial charge in [-0.05, 0) is 31.0 Å². The molecular weight excluding hydrogens is 304 g/mol. The van der Waals surface area contributed by atoms with E-state index in [4.69, 9.17) is 11.6 Å². The SMILES string of the molecule is O=C(Nc1cnccc1Cl)c1ccnc(NC(=O)C2CC2)c1. The molecule has 0 bridgehead atoms. The number of rotatable bonds is 4. The maximum Gasteiger partial charge on any atom is 0.255 e. The average Bonchev–Trinajstić information content (AvgIpc) is 3.34. The van der Waals surface area contributed by atoms with Crippen LogP contribution in [-0.2, 0) is 4.79 Å². The maximum atomic E-state index is 12.2. The number of carbonyl (C=O) groups excluding carboxylic acids is 2. The predicted molar refractivity (Wildman–Crippen MR) is 82.8 cm³/mol. The Morgan fingerprint density at radius 1 is 1.18 bits per heavy atom. The molecule has 0 saturated heterocycles. The molecule has 2 aromatic rings. The summed E-state index contributed by atoms with van der Waals surface area (Å²) >= 11 is 5.97. The molecular formula is C15H13ClN4O2. The fraction of sp³-hybridized carbons (Fsp3) is 0.200. The Hall–Kier alpha value is -2.47. The largest absolute Gasteiger partial charge is 0.319 e. The molecule has 0 radical (unpaired) electrons. The summed E-state index contributed by atoms with van der Waals surface area (Å²) in [4.78, 5) is 31.9. The summed E-state index contributed by atoms with van der Waals surface area (Å²) in [5.41, 5.74) is 0.801. The number of amides is 2. The van der Waals surface area contributed by atoms with Crippen molar-refractivity contribution in [1.29, 1.82) is 0 Å². The van der Waals surface area contributed by atoms with E-state index in [1.165, 1.54) is 24.7 Å². The second-order valence-electron chi connectivity index (χ2n) is 5.00. The van der Waals surface area contributed by atoms with Crippen LogP contribution < -0.4 is 10.6 Å². The summed E-state index contributed by atoms with van der Waals surface area (Å²) in [6.45, 7) is 0. The van der Waals surface area contributed by atoms with Crippen molar-refractivity contribution in [2.75, 3.05) is 10.6 Å². The Morgan fingerprint density at radius 3 is 2.73 bits per heavy atom. The lowest BCUT2D eigenvalue weighted by Crippen LogP contribution is -2.16. The molecule has 2 N–H and O–H groups in total. The molecule has 2 amide bonds. The first-order valence-electron chi connectivity index (χ1n) is 6.81. The van der Waals surface area contributed by atoms with Crippen LogP contribution in [0, 0.1) is 5.92 Å². The van der Waals surface area contributed by atoms with Gasteiger partial charge in [-0.25, -0.2) is 4.98 Å². The van der Waals surface area contributed by atoms with E-state index < -0.39 is 0 Å². The third-order valence-electron chi connectivity index (χ3n) is 3.24. The fourth-order valence-electron chi connectivity index (χ4n) is 1.88. The molecule has 7 heteroatoms. The monoisotopic (exact) mass is 316 g/mol. The Bertz CT molecular complexity index is 731. The van der Waals surface area contributed by atoms with E-state index >= 15 is 0 Å². The molecule has 0 atom stereocenters. The van der Waals surface area contributed by atoms with Crippen molar-refractivity contribution in [3.05, 3.63) is 47.4 Å². The average molecular weight is 317 g/mol. The van der Waals surface area contributed by atoms with Gasteiger partial charge in [0.25, 0.3) is 5.91 Å². The molecule has 0 aromatic carbocycles. The zero-order valence-corrected chi connectivity index (χ0v) is 12.3. The van der Waals surface area contributed by atoms with Gasteiger partial charge in [-0.15, -0.1) is 0 Å². The molecule has 1 fully saturated rings. The number of aromatic nitrogens is 2. The molecule has 1 aliphatic carbocycles. The van der Waals surface area contributed by atoms with E-state index in [0.29, 0.717) is 22.1 Å². The number of anilines is 2. The van der Waals surface area contributed by atoms with E-state index in [0.717, 1.165) is 12.8 Å². The molecule has 0 spiro atoms. The molecule has 1 saturated carbocycles. The van der Waals surface area contributed by atoms with Gasteiger partial charge in [0.2, 0.25) is 5.91 Å². The number of carbonyl (C=O) groups is 2. The second-order valence-corrected chi connectivity index (χ2v) is 5.41. The van der Waals surface area contributed by atoms with Crippen molar-refractivity contribution in [2.24, 2.45) is 5.92 Å². The number of halogens is 1. The maximum absolute atomic E-state index is 12.2. The van der Waals surface area contributed by atoms with E-state index in [9.17, 15) is 9.59 Å². The van der Waals surface area contributed by atoms with E-state index in [1.54, 1.807) is 12.1 Å². The normalized spacial score (nSPS) is 13.5. The second kappa shape index (κ2) is 6.11. The van der Waals surface area contributed by atoms with Gasteiger partial charge in [0.15, 0.2) is 0 Å². The van der Waals surface area contributed by atoms with Crippen LogP contribution >= 0.6 is 11.6 Å². The highest BCUT2D eigenvalue weighted by molar-refractivity contribution is 6.33. The third-order valence-corrected chi connectivity index (χ3v) is 3.57. The van der Waals surface area contributed by atoms with Gasteiger partial charge in [-0.2, -0.15) is 0 Å². The number of hydrogen-bond donors (Lipinski definition) is 2. The van der Waals surface area contributed by atoms with Crippen LogP contribution in [-0.4, -0.2) is 21.8 Å². The minimum Gasteiger partial charge on any atom is -0.319 e. The molecule has 1 aliphatic rings. The summed E-state index contributed by atoms with van der Waals surface area (Å²) in [6, 6.07) is 4.68. The summed E-state index contributed by atoms with van der Waals surface area (Å²) in [6.07, 6.45) is 6.30. The van der Waals surface area contributed by atoms with Gasteiger partial charge < -0.3 is 10.6 Å². The first kappa shape index (κ1) is 14.5. The highest BCUT2D eigenvalue weighted by atomic mass is 35.5. The summed E-state index contributed by atoms with van der Waals surface area (Å²) in [5.74, 6) is 0.0369. The van der Waals surface area contributed by atoms with Gasteiger partial charge >= 0.3 is 0 Å². The molecule has 0 aliphatic heterocycles. The Labute approximate surface area is 131 Å². The minimum atomic E-state index is -0.348. The van der Waals surface area contributed by atoms with E-state index in [-0.39, 0.29) is 17.7 Å². The number of nitrogens with zero attached hydrogens (tertiary/aromatic N) is 2. The smallest absolute Gasteiger partial charge is 0.255 e.